The van der Waals surface area contributed by atoms with Gasteiger partial charge in [0.15, 0.2) is 0 Å². The van der Waals surface area contributed by atoms with Crippen LogP contribution >= 0.6 is 11.6 Å². The summed E-state index contributed by atoms with van der Waals surface area (Å²) in [6.07, 6.45) is -4.58. The van der Waals surface area contributed by atoms with Gasteiger partial charge in [-0.2, -0.15) is 13.2 Å². The number of esters is 1. The van der Waals surface area contributed by atoms with Gasteiger partial charge in [-0.15, -0.1) is 0 Å². The SMILES string of the molecule is CCOC(=O)c1cccc(C(F)(F)F)c1Cl. The predicted octanol–water partition coefficient (Wildman–Crippen LogP) is 3.54. The first-order valence-corrected chi connectivity index (χ1v) is 4.78. The topological polar surface area (TPSA) is 26.3 Å². The Morgan fingerprint density at radius 2 is 2.06 bits per heavy atom. The van der Waals surface area contributed by atoms with Gasteiger partial charge in [-0.05, 0) is 19.1 Å². The summed E-state index contributed by atoms with van der Waals surface area (Å²) in [4.78, 5) is 11.3. The zero-order valence-electron chi connectivity index (χ0n) is 8.27. The molecule has 0 aliphatic carbocycles. The van der Waals surface area contributed by atoms with Crippen LogP contribution in [0.2, 0.25) is 5.02 Å². The molecular formula is C10H8ClF3O2. The fourth-order valence-electron chi connectivity index (χ4n) is 1.12. The molecule has 0 spiro atoms. The van der Waals surface area contributed by atoms with Crippen LogP contribution in [-0.2, 0) is 10.9 Å². The summed E-state index contributed by atoms with van der Waals surface area (Å²) in [6.45, 7) is 1.63. The van der Waals surface area contributed by atoms with Gasteiger partial charge in [0.2, 0.25) is 0 Å². The van der Waals surface area contributed by atoms with E-state index >= 15 is 0 Å². The molecule has 0 saturated carbocycles. The molecule has 0 bridgehead atoms. The highest BCUT2D eigenvalue weighted by Crippen LogP contribution is 2.36. The Hall–Kier alpha value is -1.23. The molecule has 0 aliphatic rings. The summed E-state index contributed by atoms with van der Waals surface area (Å²) < 4.78 is 41.9. The molecule has 2 nitrogen and oxygen atoms in total. The first-order valence-electron chi connectivity index (χ1n) is 4.40. The number of hydrogen-bond acceptors (Lipinski definition) is 2. The van der Waals surface area contributed by atoms with Crippen LogP contribution in [0.5, 0.6) is 0 Å². The van der Waals surface area contributed by atoms with Crippen molar-refractivity contribution in [2.24, 2.45) is 0 Å². The van der Waals surface area contributed by atoms with Crippen molar-refractivity contribution < 1.29 is 22.7 Å². The molecular weight excluding hydrogens is 245 g/mol. The highest BCUT2D eigenvalue weighted by Gasteiger charge is 2.34. The first-order chi connectivity index (χ1) is 7.38. The minimum Gasteiger partial charge on any atom is -0.462 e. The molecule has 0 heterocycles. The van der Waals surface area contributed by atoms with Gasteiger partial charge < -0.3 is 4.74 Å². The van der Waals surface area contributed by atoms with Gasteiger partial charge in [-0.1, -0.05) is 17.7 Å². The number of carbonyl (C=O) groups is 1. The maximum absolute atomic E-state index is 12.4. The third-order valence-electron chi connectivity index (χ3n) is 1.80. The van der Waals surface area contributed by atoms with Gasteiger partial charge in [0, 0.05) is 0 Å². The van der Waals surface area contributed by atoms with Crippen molar-refractivity contribution in [1.29, 1.82) is 0 Å². The van der Waals surface area contributed by atoms with Gasteiger partial charge in [0.25, 0.3) is 0 Å². The number of alkyl halides is 3. The Kier molecular flexibility index (Phi) is 3.80. The second kappa shape index (κ2) is 4.74. The van der Waals surface area contributed by atoms with Crippen LogP contribution in [0.15, 0.2) is 18.2 Å². The number of ether oxygens (including phenoxy) is 1. The van der Waals surface area contributed by atoms with E-state index in [2.05, 4.69) is 4.74 Å². The maximum atomic E-state index is 12.4. The molecule has 0 aromatic heterocycles. The van der Waals surface area contributed by atoms with Crippen molar-refractivity contribution in [3.05, 3.63) is 34.3 Å². The molecule has 0 amide bonds. The predicted molar refractivity (Wildman–Crippen MR) is 52.4 cm³/mol. The lowest BCUT2D eigenvalue weighted by atomic mass is 10.1. The molecule has 88 valence electrons. The largest absolute Gasteiger partial charge is 0.462 e. The molecule has 0 atom stereocenters. The Morgan fingerprint density at radius 1 is 1.44 bits per heavy atom. The maximum Gasteiger partial charge on any atom is 0.417 e. The lowest BCUT2D eigenvalue weighted by Crippen LogP contribution is -2.11. The summed E-state index contributed by atoms with van der Waals surface area (Å²) in [5, 5.41) is -0.631. The van der Waals surface area contributed by atoms with Crippen molar-refractivity contribution in [3.8, 4) is 0 Å². The normalized spacial score (nSPS) is 11.3. The average Bonchev–Trinajstić information content (AvgIpc) is 2.16. The standard InChI is InChI=1S/C10H8ClF3O2/c1-2-16-9(15)6-4-3-5-7(8(6)11)10(12,13)14/h3-5H,2H2,1H3. The molecule has 0 radical (unpaired) electrons. The number of hydrogen-bond donors (Lipinski definition) is 0. The average molecular weight is 253 g/mol. The molecule has 0 saturated heterocycles. The van der Waals surface area contributed by atoms with Crippen LogP contribution in [-0.4, -0.2) is 12.6 Å². The van der Waals surface area contributed by atoms with Crippen LogP contribution in [0.25, 0.3) is 0 Å². The Bertz CT molecular complexity index is 402. The van der Waals surface area contributed by atoms with E-state index in [1.807, 2.05) is 0 Å². The minimum absolute atomic E-state index is 0.0748. The van der Waals surface area contributed by atoms with Crippen molar-refractivity contribution in [3.63, 3.8) is 0 Å². The van der Waals surface area contributed by atoms with Gasteiger partial charge in [-0.3, -0.25) is 0 Å². The molecule has 1 aromatic carbocycles. The van der Waals surface area contributed by atoms with Gasteiger partial charge >= 0.3 is 12.1 Å². The Balaban J connectivity index is 3.19. The van der Waals surface area contributed by atoms with Gasteiger partial charge in [-0.25, -0.2) is 4.79 Å². The monoisotopic (exact) mass is 252 g/mol. The van der Waals surface area contributed by atoms with Gasteiger partial charge in [0.1, 0.15) is 0 Å². The lowest BCUT2D eigenvalue weighted by molar-refractivity contribution is -0.137. The first kappa shape index (κ1) is 12.8. The second-order valence-electron chi connectivity index (χ2n) is 2.89. The molecule has 0 N–H and O–H groups in total. The molecule has 1 rings (SSSR count). The lowest BCUT2D eigenvalue weighted by Gasteiger charge is -2.11. The fourth-order valence-corrected chi connectivity index (χ4v) is 1.43. The van der Waals surface area contributed by atoms with E-state index in [9.17, 15) is 18.0 Å². The summed E-state index contributed by atoms with van der Waals surface area (Å²) in [7, 11) is 0. The highest BCUT2D eigenvalue weighted by molar-refractivity contribution is 6.34. The number of rotatable bonds is 2. The number of halogens is 4. The van der Waals surface area contributed by atoms with Crippen LogP contribution in [0.3, 0.4) is 0 Å². The minimum atomic E-state index is -4.58. The molecule has 0 unspecified atom stereocenters. The van der Waals surface area contributed by atoms with E-state index < -0.39 is 22.7 Å². The third-order valence-corrected chi connectivity index (χ3v) is 2.21. The molecule has 0 aliphatic heterocycles. The summed E-state index contributed by atoms with van der Waals surface area (Å²) in [5.41, 5.74) is -1.32. The van der Waals surface area contributed by atoms with Gasteiger partial charge in [0.05, 0.1) is 22.8 Å². The van der Waals surface area contributed by atoms with Crippen molar-refractivity contribution in [2.75, 3.05) is 6.61 Å². The second-order valence-corrected chi connectivity index (χ2v) is 3.26. The van der Waals surface area contributed by atoms with E-state index in [-0.39, 0.29) is 12.2 Å². The van der Waals surface area contributed by atoms with E-state index in [1.54, 1.807) is 6.92 Å². The van der Waals surface area contributed by atoms with Crippen LogP contribution in [0.1, 0.15) is 22.8 Å². The molecule has 16 heavy (non-hydrogen) atoms. The Labute approximate surface area is 95.0 Å². The van der Waals surface area contributed by atoms with E-state index in [1.165, 1.54) is 6.07 Å². The van der Waals surface area contributed by atoms with E-state index in [0.717, 1.165) is 12.1 Å². The molecule has 0 fully saturated rings. The van der Waals surface area contributed by atoms with Crippen LogP contribution in [0.4, 0.5) is 13.2 Å². The van der Waals surface area contributed by atoms with Crippen LogP contribution in [0, 0.1) is 0 Å². The summed E-state index contributed by atoms with van der Waals surface area (Å²) >= 11 is 5.50. The number of carbonyl (C=O) groups excluding carboxylic acids is 1. The molecule has 6 heteroatoms. The highest BCUT2D eigenvalue weighted by atomic mass is 35.5. The van der Waals surface area contributed by atoms with E-state index in [4.69, 9.17) is 11.6 Å². The summed E-state index contributed by atoms with van der Waals surface area (Å²) in [5.74, 6) is -0.862. The van der Waals surface area contributed by atoms with Crippen molar-refractivity contribution in [1.82, 2.24) is 0 Å². The van der Waals surface area contributed by atoms with Crippen molar-refractivity contribution in [2.45, 2.75) is 13.1 Å². The smallest absolute Gasteiger partial charge is 0.417 e. The van der Waals surface area contributed by atoms with Crippen molar-refractivity contribution >= 4 is 17.6 Å². The van der Waals surface area contributed by atoms with E-state index in [0.29, 0.717) is 0 Å². The zero-order valence-corrected chi connectivity index (χ0v) is 9.02. The Morgan fingerprint density at radius 3 is 2.56 bits per heavy atom. The zero-order chi connectivity index (χ0) is 12.3. The molecule has 1 aromatic rings. The number of benzene rings is 1. The van der Waals surface area contributed by atoms with Crippen LogP contribution < -0.4 is 0 Å². The fraction of sp³-hybridized carbons (Fsp3) is 0.300. The summed E-state index contributed by atoms with van der Waals surface area (Å²) in [6, 6.07) is 3.11. The third kappa shape index (κ3) is 2.66. The quantitative estimate of drug-likeness (QED) is 0.753.